The molecule has 0 atom stereocenters. The summed E-state index contributed by atoms with van der Waals surface area (Å²) in [4.78, 5) is 31.5. The highest BCUT2D eigenvalue weighted by Gasteiger charge is 2.27. The van der Waals surface area contributed by atoms with Crippen molar-refractivity contribution >= 4 is 17.5 Å². The summed E-state index contributed by atoms with van der Waals surface area (Å²) >= 11 is 0. The van der Waals surface area contributed by atoms with Crippen LogP contribution in [0.5, 0.6) is 5.75 Å². The van der Waals surface area contributed by atoms with Crippen LogP contribution in [0, 0.1) is 5.92 Å². The lowest BCUT2D eigenvalue weighted by Gasteiger charge is -2.36. The maximum absolute atomic E-state index is 12.7. The quantitative estimate of drug-likeness (QED) is 0.753. The molecule has 0 aliphatic carbocycles. The minimum atomic E-state index is -0.00342. The van der Waals surface area contributed by atoms with E-state index >= 15 is 0 Å². The number of likely N-dealkylation sites (tertiary alicyclic amines) is 1. The van der Waals surface area contributed by atoms with Crippen LogP contribution >= 0.6 is 0 Å². The lowest BCUT2D eigenvalue weighted by molar-refractivity contribution is -0.134. The number of carbonyl (C=O) groups is 2. The van der Waals surface area contributed by atoms with Gasteiger partial charge in [-0.25, -0.2) is 0 Å². The zero-order chi connectivity index (χ0) is 20.1. The first-order valence-corrected chi connectivity index (χ1v) is 10.8. The van der Waals surface area contributed by atoms with Crippen LogP contribution in [0.1, 0.15) is 25.7 Å². The molecule has 0 aromatic heterocycles. The summed E-state index contributed by atoms with van der Waals surface area (Å²) in [7, 11) is 0. The van der Waals surface area contributed by atoms with Crippen LogP contribution in [-0.4, -0.2) is 80.7 Å². The van der Waals surface area contributed by atoms with Crippen molar-refractivity contribution in [1.29, 1.82) is 0 Å². The standard InChI is InChI=1S/C22H31N3O4/c26-21(24-9-7-18(8-10-24)17-23-11-14-28-15-12-23)5-6-22(27)25-13-16-29-20-4-2-1-3-19(20)25/h1-4,18H,5-17H2. The third-order valence-corrected chi connectivity index (χ3v) is 6.17. The van der Waals surface area contributed by atoms with E-state index in [2.05, 4.69) is 4.90 Å². The molecule has 7 nitrogen and oxygen atoms in total. The highest BCUT2D eigenvalue weighted by molar-refractivity contribution is 5.97. The van der Waals surface area contributed by atoms with Crippen LogP contribution in [-0.2, 0) is 14.3 Å². The summed E-state index contributed by atoms with van der Waals surface area (Å²) < 4.78 is 11.0. The predicted molar refractivity (Wildman–Crippen MR) is 110 cm³/mol. The fourth-order valence-corrected chi connectivity index (χ4v) is 4.45. The van der Waals surface area contributed by atoms with Crippen LogP contribution in [0.15, 0.2) is 24.3 Å². The minimum absolute atomic E-state index is 0.00342. The van der Waals surface area contributed by atoms with Gasteiger partial charge in [0, 0.05) is 45.6 Å². The van der Waals surface area contributed by atoms with E-state index in [9.17, 15) is 9.59 Å². The first-order chi connectivity index (χ1) is 14.2. The summed E-state index contributed by atoms with van der Waals surface area (Å²) in [5, 5.41) is 0. The molecule has 0 N–H and O–H groups in total. The average Bonchev–Trinajstić information content (AvgIpc) is 2.78. The number of amides is 2. The zero-order valence-electron chi connectivity index (χ0n) is 17.1. The van der Waals surface area contributed by atoms with E-state index in [0.29, 0.717) is 19.1 Å². The Kier molecular flexibility index (Phi) is 6.67. The molecular formula is C22H31N3O4. The van der Waals surface area contributed by atoms with Gasteiger partial charge in [0.15, 0.2) is 0 Å². The number of piperidine rings is 1. The predicted octanol–water partition coefficient (Wildman–Crippen LogP) is 1.76. The van der Waals surface area contributed by atoms with Crippen molar-refractivity contribution in [2.75, 3.05) is 64.0 Å². The molecule has 4 rings (SSSR count). The van der Waals surface area contributed by atoms with Crippen molar-refractivity contribution < 1.29 is 19.1 Å². The number of carbonyl (C=O) groups excluding carboxylic acids is 2. The minimum Gasteiger partial charge on any atom is -0.490 e. The highest BCUT2D eigenvalue weighted by atomic mass is 16.5. The van der Waals surface area contributed by atoms with Crippen LogP contribution in [0.4, 0.5) is 5.69 Å². The molecule has 3 heterocycles. The van der Waals surface area contributed by atoms with Crippen LogP contribution in [0.3, 0.4) is 0 Å². The van der Waals surface area contributed by atoms with Crippen molar-refractivity contribution in [2.24, 2.45) is 5.92 Å². The smallest absolute Gasteiger partial charge is 0.227 e. The Morgan fingerprint density at radius 1 is 0.897 bits per heavy atom. The fraction of sp³-hybridized carbons (Fsp3) is 0.636. The van der Waals surface area contributed by atoms with Crippen LogP contribution in [0.25, 0.3) is 0 Å². The largest absolute Gasteiger partial charge is 0.490 e. The molecule has 0 bridgehead atoms. The number of ether oxygens (including phenoxy) is 2. The van der Waals surface area contributed by atoms with E-state index in [1.807, 2.05) is 29.2 Å². The summed E-state index contributed by atoms with van der Waals surface area (Å²) in [6.45, 7) is 7.46. The summed E-state index contributed by atoms with van der Waals surface area (Å²) in [6.07, 6.45) is 2.63. The molecule has 29 heavy (non-hydrogen) atoms. The second-order valence-electron chi connectivity index (χ2n) is 8.10. The first-order valence-electron chi connectivity index (χ1n) is 10.8. The molecule has 1 aromatic rings. The van der Waals surface area contributed by atoms with Gasteiger partial charge in [-0.15, -0.1) is 0 Å². The summed E-state index contributed by atoms with van der Waals surface area (Å²) in [6, 6.07) is 7.58. The monoisotopic (exact) mass is 401 g/mol. The molecule has 3 aliphatic heterocycles. The van der Waals surface area contributed by atoms with Gasteiger partial charge in [-0.2, -0.15) is 0 Å². The van der Waals surface area contributed by atoms with Crippen LogP contribution in [0.2, 0.25) is 0 Å². The van der Waals surface area contributed by atoms with Gasteiger partial charge in [-0.3, -0.25) is 14.5 Å². The van der Waals surface area contributed by atoms with Gasteiger partial charge >= 0.3 is 0 Å². The van der Waals surface area contributed by atoms with E-state index in [1.165, 1.54) is 0 Å². The van der Waals surface area contributed by atoms with E-state index in [0.717, 1.165) is 70.2 Å². The Bertz CT molecular complexity index is 712. The van der Waals surface area contributed by atoms with Crippen molar-refractivity contribution in [3.63, 3.8) is 0 Å². The van der Waals surface area contributed by atoms with Gasteiger partial charge in [-0.1, -0.05) is 12.1 Å². The Hall–Kier alpha value is -2.12. The van der Waals surface area contributed by atoms with Gasteiger partial charge in [0.25, 0.3) is 0 Å². The molecule has 0 spiro atoms. The number of hydrogen-bond acceptors (Lipinski definition) is 5. The average molecular weight is 402 g/mol. The summed E-state index contributed by atoms with van der Waals surface area (Å²) in [5.74, 6) is 1.49. The third kappa shape index (κ3) is 5.08. The van der Waals surface area contributed by atoms with Crippen molar-refractivity contribution in [1.82, 2.24) is 9.80 Å². The molecule has 0 unspecified atom stereocenters. The van der Waals surface area contributed by atoms with Gasteiger partial charge < -0.3 is 19.3 Å². The van der Waals surface area contributed by atoms with Gasteiger partial charge in [0.2, 0.25) is 11.8 Å². The number of para-hydroxylation sites is 2. The SMILES string of the molecule is O=C(CCC(=O)N1CCOc2ccccc21)N1CCC(CN2CCOCC2)CC1. The number of fused-ring (bicyclic) bond motifs is 1. The van der Waals surface area contributed by atoms with E-state index < -0.39 is 0 Å². The molecule has 2 fully saturated rings. The van der Waals surface area contributed by atoms with Crippen molar-refractivity contribution in [2.45, 2.75) is 25.7 Å². The normalized spacial score (nSPS) is 20.8. The molecule has 1 aromatic carbocycles. The van der Waals surface area contributed by atoms with E-state index in [1.54, 1.807) is 4.90 Å². The summed E-state index contributed by atoms with van der Waals surface area (Å²) in [5.41, 5.74) is 0.806. The molecule has 2 saturated heterocycles. The Morgan fingerprint density at radius 3 is 2.41 bits per heavy atom. The lowest BCUT2D eigenvalue weighted by Crippen LogP contribution is -2.44. The third-order valence-electron chi connectivity index (χ3n) is 6.17. The number of morpholine rings is 1. The molecule has 3 aliphatic rings. The molecule has 2 amide bonds. The van der Waals surface area contributed by atoms with E-state index in [-0.39, 0.29) is 24.7 Å². The maximum atomic E-state index is 12.7. The Morgan fingerprint density at radius 2 is 1.62 bits per heavy atom. The lowest BCUT2D eigenvalue weighted by atomic mass is 9.95. The topological polar surface area (TPSA) is 62.3 Å². The molecule has 0 saturated carbocycles. The second-order valence-corrected chi connectivity index (χ2v) is 8.10. The number of hydrogen-bond donors (Lipinski definition) is 0. The number of anilines is 1. The fourth-order valence-electron chi connectivity index (χ4n) is 4.45. The van der Waals surface area contributed by atoms with Gasteiger partial charge in [0.1, 0.15) is 12.4 Å². The highest BCUT2D eigenvalue weighted by Crippen LogP contribution is 2.31. The van der Waals surface area contributed by atoms with Crippen molar-refractivity contribution in [3.8, 4) is 5.75 Å². The zero-order valence-corrected chi connectivity index (χ0v) is 17.1. The molecule has 7 heteroatoms. The van der Waals surface area contributed by atoms with Gasteiger partial charge in [0.05, 0.1) is 25.4 Å². The molecule has 0 radical (unpaired) electrons. The molecular weight excluding hydrogens is 370 g/mol. The Balaban J connectivity index is 1.21. The number of rotatable bonds is 5. The van der Waals surface area contributed by atoms with Crippen LogP contribution < -0.4 is 9.64 Å². The second kappa shape index (κ2) is 9.59. The maximum Gasteiger partial charge on any atom is 0.227 e. The van der Waals surface area contributed by atoms with E-state index in [4.69, 9.17) is 9.47 Å². The number of nitrogens with zero attached hydrogens (tertiary/aromatic N) is 3. The van der Waals surface area contributed by atoms with Crippen molar-refractivity contribution in [3.05, 3.63) is 24.3 Å². The number of benzene rings is 1. The molecule has 158 valence electrons. The van der Waals surface area contributed by atoms with Gasteiger partial charge in [-0.05, 0) is 30.9 Å². The Labute approximate surface area is 172 Å². The first kappa shape index (κ1) is 20.2.